The molecule has 0 saturated heterocycles. The van der Waals surface area contributed by atoms with Crippen molar-refractivity contribution in [1.29, 1.82) is 0 Å². The van der Waals surface area contributed by atoms with Crippen molar-refractivity contribution in [1.82, 2.24) is 4.90 Å². The second kappa shape index (κ2) is 9.75. The fourth-order valence-electron chi connectivity index (χ4n) is 1.90. The summed E-state index contributed by atoms with van der Waals surface area (Å²) in [5, 5.41) is 17.8. The third kappa shape index (κ3) is 6.02. The molecular formula is C14H24N2O3. The number of rotatable bonds is 10. The van der Waals surface area contributed by atoms with E-state index in [2.05, 4.69) is 0 Å². The molecule has 0 atom stereocenters. The lowest BCUT2D eigenvalue weighted by Crippen LogP contribution is -2.31. The number of benzene rings is 1. The monoisotopic (exact) mass is 268 g/mol. The molecule has 5 nitrogen and oxygen atoms in total. The summed E-state index contributed by atoms with van der Waals surface area (Å²) in [6, 6.07) is 7.75. The van der Waals surface area contributed by atoms with E-state index in [0.29, 0.717) is 26.2 Å². The summed E-state index contributed by atoms with van der Waals surface area (Å²) in [6.07, 6.45) is 0.846. The Kier molecular flexibility index (Phi) is 8.16. The topological polar surface area (TPSA) is 79.0 Å². The largest absolute Gasteiger partial charge is 0.493 e. The van der Waals surface area contributed by atoms with Crippen LogP contribution in [0.4, 0.5) is 0 Å². The fourth-order valence-corrected chi connectivity index (χ4v) is 1.90. The minimum Gasteiger partial charge on any atom is -0.493 e. The molecule has 19 heavy (non-hydrogen) atoms. The number of aliphatic hydroxyl groups excluding tert-OH is 2. The van der Waals surface area contributed by atoms with Crippen LogP contribution in [-0.2, 0) is 6.54 Å². The third-order valence-electron chi connectivity index (χ3n) is 2.90. The van der Waals surface area contributed by atoms with Crippen molar-refractivity contribution >= 4 is 0 Å². The molecule has 0 aromatic heterocycles. The van der Waals surface area contributed by atoms with Gasteiger partial charge < -0.3 is 20.7 Å². The van der Waals surface area contributed by atoms with Crippen molar-refractivity contribution in [2.24, 2.45) is 5.73 Å². The molecule has 0 heterocycles. The maximum Gasteiger partial charge on any atom is 0.123 e. The van der Waals surface area contributed by atoms with Gasteiger partial charge in [-0.05, 0) is 12.5 Å². The highest BCUT2D eigenvalue weighted by Crippen LogP contribution is 2.17. The van der Waals surface area contributed by atoms with E-state index < -0.39 is 0 Å². The second-order valence-electron chi connectivity index (χ2n) is 4.30. The Labute approximate surface area is 114 Å². The van der Waals surface area contributed by atoms with E-state index in [1.54, 1.807) is 0 Å². The molecule has 0 radical (unpaired) electrons. The Balaban J connectivity index is 2.29. The van der Waals surface area contributed by atoms with E-state index in [1.807, 2.05) is 29.2 Å². The van der Waals surface area contributed by atoms with E-state index in [9.17, 15) is 0 Å². The molecule has 0 saturated carbocycles. The summed E-state index contributed by atoms with van der Waals surface area (Å²) in [5.74, 6) is 0.834. The second-order valence-corrected chi connectivity index (χ2v) is 4.30. The molecule has 4 N–H and O–H groups in total. The van der Waals surface area contributed by atoms with Crippen LogP contribution in [0.15, 0.2) is 24.3 Å². The number of ether oxygens (including phenoxy) is 1. The molecule has 5 heteroatoms. The quantitative estimate of drug-likeness (QED) is 0.528. The fraction of sp³-hybridized carbons (Fsp3) is 0.571. The first-order chi connectivity index (χ1) is 9.31. The normalized spacial score (nSPS) is 10.9. The summed E-state index contributed by atoms with van der Waals surface area (Å²) in [7, 11) is 0. The zero-order valence-corrected chi connectivity index (χ0v) is 11.3. The van der Waals surface area contributed by atoms with E-state index >= 15 is 0 Å². The van der Waals surface area contributed by atoms with E-state index in [-0.39, 0.29) is 13.2 Å². The number of nitrogens with two attached hydrogens (primary N) is 1. The molecule has 1 aromatic carbocycles. The average Bonchev–Trinajstić information content (AvgIpc) is 2.44. The molecule has 0 aliphatic rings. The van der Waals surface area contributed by atoms with Crippen LogP contribution in [0.3, 0.4) is 0 Å². The maximum atomic E-state index is 8.90. The maximum absolute atomic E-state index is 8.90. The minimum absolute atomic E-state index is 0.108. The number of hydrogen-bond acceptors (Lipinski definition) is 5. The van der Waals surface area contributed by atoms with Gasteiger partial charge in [0.05, 0.1) is 19.8 Å². The molecular weight excluding hydrogens is 244 g/mol. The molecule has 0 amide bonds. The van der Waals surface area contributed by atoms with Crippen LogP contribution in [0, 0.1) is 0 Å². The Morgan fingerprint density at radius 1 is 1.05 bits per heavy atom. The van der Waals surface area contributed by atoms with Crippen molar-refractivity contribution in [2.75, 3.05) is 39.5 Å². The van der Waals surface area contributed by atoms with Gasteiger partial charge in [0, 0.05) is 31.7 Å². The first kappa shape index (κ1) is 15.9. The van der Waals surface area contributed by atoms with Gasteiger partial charge in [-0.3, -0.25) is 4.90 Å². The Morgan fingerprint density at radius 3 is 2.37 bits per heavy atom. The van der Waals surface area contributed by atoms with Gasteiger partial charge in [-0.2, -0.15) is 0 Å². The predicted molar refractivity (Wildman–Crippen MR) is 75.1 cm³/mol. The number of nitrogens with zero attached hydrogens (tertiary/aromatic N) is 1. The summed E-state index contributed by atoms with van der Waals surface area (Å²) >= 11 is 0. The minimum atomic E-state index is 0.108. The summed E-state index contributed by atoms with van der Waals surface area (Å²) < 4.78 is 5.70. The van der Waals surface area contributed by atoms with Crippen molar-refractivity contribution in [2.45, 2.75) is 13.0 Å². The summed E-state index contributed by atoms with van der Waals surface area (Å²) in [6.45, 7) is 3.25. The van der Waals surface area contributed by atoms with Gasteiger partial charge in [0.2, 0.25) is 0 Å². The molecule has 0 aliphatic carbocycles. The SMILES string of the molecule is NCc1ccccc1OCCCN(CCO)CCO. The van der Waals surface area contributed by atoms with Gasteiger partial charge in [-0.25, -0.2) is 0 Å². The summed E-state index contributed by atoms with van der Waals surface area (Å²) in [5.41, 5.74) is 6.64. The van der Waals surface area contributed by atoms with Gasteiger partial charge in [0.1, 0.15) is 5.75 Å². The van der Waals surface area contributed by atoms with Crippen molar-refractivity contribution in [3.05, 3.63) is 29.8 Å². The zero-order valence-electron chi connectivity index (χ0n) is 11.3. The predicted octanol–water partition coefficient (Wildman–Crippen LogP) is 0.201. The van der Waals surface area contributed by atoms with Crippen LogP contribution in [0.5, 0.6) is 5.75 Å². The molecule has 108 valence electrons. The van der Waals surface area contributed by atoms with Gasteiger partial charge >= 0.3 is 0 Å². The Bertz CT molecular complexity index is 341. The highest BCUT2D eigenvalue weighted by molar-refractivity contribution is 5.32. The van der Waals surface area contributed by atoms with E-state index in [0.717, 1.165) is 24.3 Å². The lowest BCUT2D eigenvalue weighted by atomic mass is 10.2. The van der Waals surface area contributed by atoms with E-state index in [1.165, 1.54) is 0 Å². The molecule has 1 rings (SSSR count). The van der Waals surface area contributed by atoms with Gasteiger partial charge in [-0.15, -0.1) is 0 Å². The zero-order chi connectivity index (χ0) is 13.9. The highest BCUT2D eigenvalue weighted by atomic mass is 16.5. The lowest BCUT2D eigenvalue weighted by molar-refractivity contribution is 0.152. The highest BCUT2D eigenvalue weighted by Gasteiger charge is 2.04. The van der Waals surface area contributed by atoms with Gasteiger partial charge in [-0.1, -0.05) is 18.2 Å². The lowest BCUT2D eigenvalue weighted by Gasteiger charge is -2.20. The first-order valence-electron chi connectivity index (χ1n) is 6.66. The van der Waals surface area contributed by atoms with Crippen LogP contribution in [-0.4, -0.2) is 54.6 Å². The molecule has 0 bridgehead atoms. The van der Waals surface area contributed by atoms with Gasteiger partial charge in [0.15, 0.2) is 0 Å². The van der Waals surface area contributed by atoms with Crippen LogP contribution in [0.2, 0.25) is 0 Å². The van der Waals surface area contributed by atoms with Crippen LogP contribution in [0.25, 0.3) is 0 Å². The number of aliphatic hydroxyl groups is 2. The molecule has 0 spiro atoms. The van der Waals surface area contributed by atoms with Crippen LogP contribution < -0.4 is 10.5 Å². The van der Waals surface area contributed by atoms with Crippen LogP contribution in [0.1, 0.15) is 12.0 Å². The van der Waals surface area contributed by atoms with Crippen LogP contribution >= 0.6 is 0 Å². The third-order valence-corrected chi connectivity index (χ3v) is 2.90. The van der Waals surface area contributed by atoms with Crippen molar-refractivity contribution in [3.63, 3.8) is 0 Å². The average molecular weight is 268 g/mol. The van der Waals surface area contributed by atoms with Crippen molar-refractivity contribution in [3.8, 4) is 5.75 Å². The molecule has 1 aromatic rings. The molecule has 0 aliphatic heterocycles. The number of para-hydroxylation sites is 1. The van der Waals surface area contributed by atoms with E-state index in [4.69, 9.17) is 20.7 Å². The Morgan fingerprint density at radius 2 is 1.74 bits per heavy atom. The Hall–Kier alpha value is -1.14. The molecule has 0 unspecified atom stereocenters. The smallest absolute Gasteiger partial charge is 0.123 e. The first-order valence-corrected chi connectivity index (χ1v) is 6.66. The standard InChI is InChI=1S/C14H24N2O3/c15-12-13-4-1-2-5-14(13)19-11-3-6-16(7-9-17)8-10-18/h1-2,4-5,17-18H,3,6-12,15H2. The van der Waals surface area contributed by atoms with Gasteiger partial charge in [0.25, 0.3) is 0 Å². The molecule has 0 fully saturated rings. The van der Waals surface area contributed by atoms with Crippen molar-refractivity contribution < 1.29 is 14.9 Å². The number of hydrogen-bond donors (Lipinski definition) is 3. The summed E-state index contributed by atoms with van der Waals surface area (Å²) in [4.78, 5) is 2.01.